The fourth-order valence-electron chi connectivity index (χ4n) is 3.04. The predicted octanol–water partition coefficient (Wildman–Crippen LogP) is 3.80. The van der Waals surface area contributed by atoms with Gasteiger partial charge in [0.1, 0.15) is 12.4 Å². The van der Waals surface area contributed by atoms with Crippen LogP contribution < -0.4 is 10.1 Å². The highest BCUT2D eigenvalue weighted by molar-refractivity contribution is 8.00. The molecule has 1 atom stereocenters. The molecule has 2 aromatic rings. The summed E-state index contributed by atoms with van der Waals surface area (Å²) in [6.45, 7) is 3.65. The van der Waals surface area contributed by atoms with Crippen molar-refractivity contribution in [3.63, 3.8) is 0 Å². The van der Waals surface area contributed by atoms with Crippen LogP contribution in [0.5, 0.6) is 5.75 Å². The molecule has 0 radical (unpaired) electrons. The Morgan fingerprint density at radius 3 is 2.40 bits per heavy atom. The summed E-state index contributed by atoms with van der Waals surface area (Å²) in [4.78, 5) is 13.5. The molecule has 30 heavy (non-hydrogen) atoms. The molecule has 0 bridgehead atoms. The monoisotopic (exact) mass is 468 g/mol. The molecule has 1 amide bonds. The number of nitrogens with one attached hydrogen (secondary N) is 1. The van der Waals surface area contributed by atoms with Crippen LogP contribution in [-0.4, -0.2) is 50.1 Å². The van der Waals surface area contributed by atoms with Gasteiger partial charge in [-0.25, -0.2) is 8.42 Å². The molecular weight excluding hydrogens is 444 g/mol. The fourth-order valence-corrected chi connectivity index (χ4v) is 5.58. The number of benzene rings is 2. The van der Waals surface area contributed by atoms with Gasteiger partial charge in [-0.15, -0.1) is 11.8 Å². The molecule has 3 rings (SSSR count). The number of hydrogen-bond donors (Lipinski definition) is 1. The Bertz CT molecular complexity index is 944. The van der Waals surface area contributed by atoms with E-state index in [-0.39, 0.29) is 16.1 Å². The molecule has 0 aromatic heterocycles. The van der Waals surface area contributed by atoms with Crippen LogP contribution in [0.2, 0.25) is 5.02 Å². The van der Waals surface area contributed by atoms with Crippen molar-refractivity contribution >= 4 is 39.3 Å². The molecule has 0 spiro atoms. The van der Waals surface area contributed by atoms with Gasteiger partial charge in [0.15, 0.2) is 0 Å². The first-order valence-electron chi connectivity index (χ1n) is 9.79. The van der Waals surface area contributed by atoms with Crippen molar-refractivity contribution in [2.45, 2.75) is 34.8 Å². The average Bonchev–Trinajstić information content (AvgIpc) is 3.29. The van der Waals surface area contributed by atoms with Gasteiger partial charge in [-0.05, 0) is 68.3 Å². The summed E-state index contributed by atoms with van der Waals surface area (Å²) in [6.07, 6.45) is 1.81. The van der Waals surface area contributed by atoms with E-state index in [4.69, 9.17) is 16.3 Å². The van der Waals surface area contributed by atoms with E-state index in [9.17, 15) is 13.2 Å². The third-order valence-electron chi connectivity index (χ3n) is 4.69. The number of carbonyl (C=O) groups excluding carboxylic acids is 1. The van der Waals surface area contributed by atoms with Gasteiger partial charge in [0.2, 0.25) is 15.9 Å². The summed E-state index contributed by atoms with van der Waals surface area (Å²) in [7, 11) is -3.42. The second kappa shape index (κ2) is 10.5. The topological polar surface area (TPSA) is 75.7 Å². The van der Waals surface area contributed by atoms with Crippen LogP contribution in [0.3, 0.4) is 0 Å². The Kier molecular flexibility index (Phi) is 8.05. The number of nitrogens with zero attached hydrogens (tertiary/aromatic N) is 1. The Balaban J connectivity index is 1.41. The maximum absolute atomic E-state index is 12.5. The van der Waals surface area contributed by atoms with Gasteiger partial charge in [-0.3, -0.25) is 4.79 Å². The van der Waals surface area contributed by atoms with Crippen LogP contribution in [0, 0.1) is 0 Å². The van der Waals surface area contributed by atoms with E-state index in [0.717, 1.165) is 17.7 Å². The van der Waals surface area contributed by atoms with Crippen molar-refractivity contribution in [3.05, 3.63) is 53.6 Å². The molecule has 1 saturated heterocycles. The smallest absolute Gasteiger partial charge is 0.243 e. The van der Waals surface area contributed by atoms with Gasteiger partial charge in [-0.1, -0.05) is 11.6 Å². The molecule has 1 aliphatic rings. The Labute approximate surface area is 187 Å². The maximum atomic E-state index is 12.5. The fraction of sp³-hybridized carbons (Fsp3) is 0.381. The lowest BCUT2D eigenvalue weighted by molar-refractivity contribution is -0.120. The summed E-state index contributed by atoms with van der Waals surface area (Å²) in [6, 6.07) is 13.8. The highest BCUT2D eigenvalue weighted by atomic mass is 35.5. The van der Waals surface area contributed by atoms with Crippen LogP contribution in [-0.2, 0) is 14.8 Å². The van der Waals surface area contributed by atoms with Gasteiger partial charge in [0, 0.05) is 23.0 Å². The normalized spacial score (nSPS) is 15.7. The quantitative estimate of drug-likeness (QED) is 0.447. The average molecular weight is 469 g/mol. The van der Waals surface area contributed by atoms with Crippen molar-refractivity contribution in [2.75, 3.05) is 26.2 Å². The standard InChI is InChI=1S/C21H25ClN2O4S2/c1-16(29-19-8-4-17(22)5-9-19)21(25)23-12-15-28-18-6-10-20(11-7-18)30(26,27)24-13-2-3-14-24/h4-11,16H,2-3,12-15H2,1H3,(H,23,25)/t16-/m1/s1. The minimum Gasteiger partial charge on any atom is -0.492 e. The van der Waals surface area contributed by atoms with Crippen LogP contribution >= 0.6 is 23.4 Å². The second-order valence-electron chi connectivity index (χ2n) is 6.94. The number of rotatable bonds is 9. The molecule has 1 heterocycles. The number of carbonyl (C=O) groups is 1. The van der Waals surface area contributed by atoms with E-state index in [1.165, 1.54) is 16.1 Å². The number of hydrogen-bond acceptors (Lipinski definition) is 5. The summed E-state index contributed by atoms with van der Waals surface area (Å²) in [5, 5.41) is 3.26. The van der Waals surface area contributed by atoms with Crippen LogP contribution in [0.15, 0.2) is 58.3 Å². The van der Waals surface area contributed by atoms with E-state index in [0.29, 0.717) is 37.0 Å². The molecule has 0 aliphatic carbocycles. The molecule has 6 nitrogen and oxygen atoms in total. The molecule has 1 N–H and O–H groups in total. The summed E-state index contributed by atoms with van der Waals surface area (Å²) in [5.74, 6) is 0.485. The van der Waals surface area contributed by atoms with Crippen LogP contribution in [0.1, 0.15) is 19.8 Å². The first-order valence-corrected chi connectivity index (χ1v) is 12.5. The molecule has 2 aromatic carbocycles. The van der Waals surface area contributed by atoms with Crippen LogP contribution in [0.25, 0.3) is 0 Å². The van der Waals surface area contributed by atoms with E-state index < -0.39 is 10.0 Å². The van der Waals surface area contributed by atoms with Gasteiger partial charge in [0.25, 0.3) is 0 Å². The number of ether oxygens (including phenoxy) is 1. The van der Waals surface area contributed by atoms with Crippen molar-refractivity contribution in [1.29, 1.82) is 0 Å². The molecule has 162 valence electrons. The highest BCUT2D eigenvalue weighted by Gasteiger charge is 2.26. The molecule has 0 saturated carbocycles. The highest BCUT2D eigenvalue weighted by Crippen LogP contribution is 2.25. The van der Waals surface area contributed by atoms with Crippen molar-refractivity contribution < 1.29 is 17.9 Å². The molecule has 1 aliphatic heterocycles. The Morgan fingerprint density at radius 1 is 1.13 bits per heavy atom. The third kappa shape index (κ3) is 6.14. The minimum atomic E-state index is -3.42. The zero-order valence-corrected chi connectivity index (χ0v) is 19.1. The number of thioether (sulfide) groups is 1. The molecule has 0 unspecified atom stereocenters. The summed E-state index contributed by atoms with van der Waals surface area (Å²) < 4.78 is 32.2. The van der Waals surface area contributed by atoms with E-state index in [2.05, 4.69) is 5.32 Å². The summed E-state index contributed by atoms with van der Waals surface area (Å²) in [5.41, 5.74) is 0. The maximum Gasteiger partial charge on any atom is 0.243 e. The molecular formula is C21H25ClN2O4S2. The Hall–Kier alpha value is -1.74. The van der Waals surface area contributed by atoms with Gasteiger partial charge >= 0.3 is 0 Å². The van der Waals surface area contributed by atoms with Gasteiger partial charge in [-0.2, -0.15) is 4.31 Å². The van der Waals surface area contributed by atoms with Gasteiger partial charge in [0.05, 0.1) is 16.7 Å². The van der Waals surface area contributed by atoms with E-state index >= 15 is 0 Å². The van der Waals surface area contributed by atoms with Crippen molar-refractivity contribution in [3.8, 4) is 5.75 Å². The van der Waals surface area contributed by atoms with Gasteiger partial charge < -0.3 is 10.1 Å². The predicted molar refractivity (Wildman–Crippen MR) is 120 cm³/mol. The SMILES string of the molecule is C[C@@H](Sc1ccc(Cl)cc1)C(=O)NCCOc1ccc(S(=O)(=O)N2CCCC2)cc1. The number of amides is 1. The van der Waals surface area contributed by atoms with E-state index in [1.807, 2.05) is 19.1 Å². The zero-order chi connectivity index (χ0) is 21.6. The largest absolute Gasteiger partial charge is 0.492 e. The Morgan fingerprint density at radius 2 is 1.77 bits per heavy atom. The number of halogens is 1. The second-order valence-corrected chi connectivity index (χ2v) is 10.7. The van der Waals surface area contributed by atoms with Crippen molar-refractivity contribution in [2.24, 2.45) is 0 Å². The lowest BCUT2D eigenvalue weighted by Crippen LogP contribution is -2.33. The molecule has 1 fully saturated rings. The number of sulfonamides is 1. The lowest BCUT2D eigenvalue weighted by atomic mass is 10.3. The zero-order valence-electron chi connectivity index (χ0n) is 16.7. The van der Waals surface area contributed by atoms with Crippen molar-refractivity contribution in [1.82, 2.24) is 9.62 Å². The minimum absolute atomic E-state index is 0.0781. The van der Waals surface area contributed by atoms with Crippen LogP contribution in [0.4, 0.5) is 0 Å². The summed E-state index contributed by atoms with van der Waals surface area (Å²) >= 11 is 7.33. The first kappa shape index (κ1) is 22.9. The lowest BCUT2D eigenvalue weighted by Gasteiger charge is -2.16. The first-order chi connectivity index (χ1) is 14.4. The van der Waals surface area contributed by atoms with E-state index in [1.54, 1.807) is 36.4 Å². The third-order valence-corrected chi connectivity index (χ3v) is 7.97. The molecule has 9 heteroatoms.